The van der Waals surface area contributed by atoms with Crippen molar-refractivity contribution in [3.8, 4) is 0 Å². The van der Waals surface area contributed by atoms with Gasteiger partial charge >= 0.3 is 6.18 Å². The fraction of sp³-hybridized carbons (Fsp3) is 0.375. The summed E-state index contributed by atoms with van der Waals surface area (Å²) in [6.07, 6.45) is -7.26. The van der Waals surface area contributed by atoms with Crippen molar-refractivity contribution >= 4 is 33.2 Å². The molecule has 1 aromatic heterocycles. The molecule has 0 spiro atoms. The Morgan fingerprint density at radius 2 is 2.25 bits per heavy atom. The normalized spacial score (nSPS) is 13.6. The number of halogens is 4. The molecule has 1 atom stereocenters. The molecule has 0 aliphatic heterocycles. The Labute approximate surface area is 101 Å². The molecule has 0 radical (unpaired) electrons. The maximum Gasteiger partial charge on any atom is 0.416 e. The van der Waals surface area contributed by atoms with Gasteiger partial charge in [0.05, 0.1) is 15.9 Å². The molecule has 0 aromatic carbocycles. The van der Waals surface area contributed by atoms with E-state index in [1.54, 1.807) is 0 Å². The predicted octanol–water partition coefficient (Wildman–Crippen LogP) is 2.16. The van der Waals surface area contributed by atoms with Gasteiger partial charge in [-0.1, -0.05) is 0 Å². The largest absolute Gasteiger partial charge is 0.416 e. The van der Waals surface area contributed by atoms with Gasteiger partial charge in [0, 0.05) is 5.38 Å². The molecule has 16 heavy (non-hydrogen) atoms. The number of nitrogens with one attached hydrogen (secondary N) is 1. The molecule has 8 heteroatoms. The lowest BCUT2D eigenvalue weighted by Crippen LogP contribution is -2.40. The number of aliphatic hydroxyl groups excluding tert-OH is 1. The van der Waals surface area contributed by atoms with Crippen LogP contribution in [0.1, 0.15) is 10.4 Å². The molecule has 0 fully saturated rings. The van der Waals surface area contributed by atoms with Gasteiger partial charge in [0.1, 0.15) is 0 Å². The quantitative estimate of drug-likeness (QED) is 0.897. The van der Waals surface area contributed by atoms with Crippen LogP contribution in [0.3, 0.4) is 0 Å². The minimum absolute atomic E-state index is 0.256. The molecular formula is C8H7BrF3NO2S. The van der Waals surface area contributed by atoms with Crippen molar-refractivity contribution in [2.24, 2.45) is 0 Å². The summed E-state index contributed by atoms with van der Waals surface area (Å²) < 4.78 is 36.4. The van der Waals surface area contributed by atoms with E-state index in [0.29, 0.717) is 3.79 Å². The number of hydrogen-bond donors (Lipinski definition) is 2. The van der Waals surface area contributed by atoms with Gasteiger partial charge in [-0.2, -0.15) is 13.2 Å². The van der Waals surface area contributed by atoms with Gasteiger partial charge < -0.3 is 10.4 Å². The lowest BCUT2D eigenvalue weighted by atomic mass is 10.3. The first-order valence-corrected chi connectivity index (χ1v) is 5.75. The highest BCUT2D eigenvalue weighted by Gasteiger charge is 2.38. The summed E-state index contributed by atoms with van der Waals surface area (Å²) in [7, 11) is 0. The molecule has 90 valence electrons. The minimum Gasteiger partial charge on any atom is -0.382 e. The molecule has 0 aliphatic rings. The zero-order chi connectivity index (χ0) is 12.3. The molecule has 0 bridgehead atoms. The standard InChI is InChI=1S/C8H7BrF3NO2S/c9-6-1-4(3-16-6)7(15)13-2-5(14)8(10,11)12/h1,3,5,14H,2H2,(H,13,15). The van der Waals surface area contributed by atoms with Crippen LogP contribution in [0.5, 0.6) is 0 Å². The van der Waals surface area contributed by atoms with Gasteiger partial charge in [-0.3, -0.25) is 4.79 Å². The van der Waals surface area contributed by atoms with E-state index < -0.39 is 24.7 Å². The summed E-state index contributed by atoms with van der Waals surface area (Å²) in [5.74, 6) is -0.648. The van der Waals surface area contributed by atoms with Crippen LogP contribution >= 0.6 is 27.3 Å². The smallest absolute Gasteiger partial charge is 0.382 e. The summed E-state index contributed by atoms with van der Waals surface area (Å²) in [5, 5.41) is 12.1. The van der Waals surface area contributed by atoms with E-state index in [9.17, 15) is 18.0 Å². The first kappa shape index (κ1) is 13.5. The minimum atomic E-state index is -4.72. The molecule has 2 N–H and O–H groups in total. The Morgan fingerprint density at radius 3 is 2.69 bits per heavy atom. The molecule has 1 heterocycles. The summed E-state index contributed by atoms with van der Waals surface area (Å²) in [4.78, 5) is 11.3. The number of rotatable bonds is 3. The predicted molar refractivity (Wildman–Crippen MR) is 56.4 cm³/mol. The highest BCUT2D eigenvalue weighted by Crippen LogP contribution is 2.21. The number of thiophene rings is 1. The van der Waals surface area contributed by atoms with E-state index in [0.717, 1.165) is 0 Å². The fourth-order valence-electron chi connectivity index (χ4n) is 0.836. The number of amides is 1. The molecule has 1 aromatic rings. The number of aliphatic hydroxyl groups is 1. The van der Waals surface area contributed by atoms with E-state index in [1.807, 2.05) is 5.32 Å². The topological polar surface area (TPSA) is 49.3 Å². The van der Waals surface area contributed by atoms with Crippen LogP contribution in [0.15, 0.2) is 15.2 Å². The van der Waals surface area contributed by atoms with Gasteiger partial charge in [-0.15, -0.1) is 11.3 Å². The Hall–Kier alpha value is -0.600. The highest BCUT2D eigenvalue weighted by molar-refractivity contribution is 9.11. The first-order valence-electron chi connectivity index (χ1n) is 4.07. The SMILES string of the molecule is O=C(NCC(O)C(F)(F)F)c1csc(Br)c1. The van der Waals surface area contributed by atoms with Crippen molar-refractivity contribution in [1.82, 2.24) is 5.32 Å². The third kappa shape index (κ3) is 3.76. The number of carbonyl (C=O) groups excluding carboxylic acids is 1. The summed E-state index contributed by atoms with van der Waals surface area (Å²) in [5.41, 5.74) is 0.256. The fourth-order valence-corrected chi connectivity index (χ4v) is 1.97. The van der Waals surface area contributed by atoms with Crippen LogP contribution in [0.4, 0.5) is 13.2 Å². The van der Waals surface area contributed by atoms with Gasteiger partial charge in [0.2, 0.25) is 0 Å². The van der Waals surface area contributed by atoms with Crippen molar-refractivity contribution < 1.29 is 23.1 Å². The molecular weight excluding hydrogens is 311 g/mol. The van der Waals surface area contributed by atoms with Crippen molar-refractivity contribution in [3.63, 3.8) is 0 Å². The maximum absolute atomic E-state index is 11.9. The lowest BCUT2D eigenvalue weighted by molar-refractivity contribution is -0.201. The Kier molecular flexibility index (Phi) is 4.34. The van der Waals surface area contributed by atoms with Crippen LogP contribution in [0.25, 0.3) is 0 Å². The average Bonchev–Trinajstić information content (AvgIpc) is 2.59. The second-order valence-corrected chi connectivity index (χ2v) is 5.20. The molecule has 1 unspecified atom stereocenters. The molecule has 1 rings (SSSR count). The Balaban J connectivity index is 2.48. The number of hydrogen-bond acceptors (Lipinski definition) is 3. The highest BCUT2D eigenvalue weighted by atomic mass is 79.9. The average molecular weight is 318 g/mol. The van der Waals surface area contributed by atoms with Gasteiger partial charge in [-0.25, -0.2) is 0 Å². The Bertz CT molecular complexity index is 380. The second kappa shape index (κ2) is 5.15. The molecule has 0 saturated heterocycles. The van der Waals surface area contributed by atoms with Crippen molar-refractivity contribution in [2.45, 2.75) is 12.3 Å². The van der Waals surface area contributed by atoms with Crippen LogP contribution in [-0.2, 0) is 0 Å². The third-order valence-corrected chi connectivity index (χ3v) is 3.17. The van der Waals surface area contributed by atoms with E-state index in [-0.39, 0.29) is 5.56 Å². The van der Waals surface area contributed by atoms with Gasteiger partial charge in [0.15, 0.2) is 6.10 Å². The zero-order valence-corrected chi connectivity index (χ0v) is 10.1. The first-order chi connectivity index (χ1) is 7.30. The van der Waals surface area contributed by atoms with Gasteiger partial charge in [-0.05, 0) is 22.0 Å². The molecule has 0 aliphatic carbocycles. The number of carbonyl (C=O) groups is 1. The van der Waals surface area contributed by atoms with E-state index in [4.69, 9.17) is 5.11 Å². The van der Waals surface area contributed by atoms with Crippen LogP contribution in [0.2, 0.25) is 0 Å². The third-order valence-electron chi connectivity index (χ3n) is 1.66. The van der Waals surface area contributed by atoms with Crippen molar-refractivity contribution in [1.29, 1.82) is 0 Å². The second-order valence-electron chi connectivity index (χ2n) is 2.91. The Morgan fingerprint density at radius 1 is 1.62 bits per heavy atom. The molecule has 1 amide bonds. The zero-order valence-electron chi connectivity index (χ0n) is 7.71. The number of alkyl halides is 3. The van der Waals surface area contributed by atoms with Crippen LogP contribution in [-0.4, -0.2) is 29.8 Å². The molecule has 3 nitrogen and oxygen atoms in total. The lowest BCUT2D eigenvalue weighted by Gasteiger charge is -2.14. The van der Waals surface area contributed by atoms with E-state index in [1.165, 1.54) is 22.8 Å². The van der Waals surface area contributed by atoms with E-state index in [2.05, 4.69) is 15.9 Å². The molecule has 0 saturated carbocycles. The summed E-state index contributed by atoms with van der Waals surface area (Å²) >= 11 is 4.37. The van der Waals surface area contributed by atoms with Gasteiger partial charge in [0.25, 0.3) is 5.91 Å². The van der Waals surface area contributed by atoms with Crippen molar-refractivity contribution in [2.75, 3.05) is 6.54 Å². The van der Waals surface area contributed by atoms with Crippen molar-refractivity contribution in [3.05, 3.63) is 20.8 Å². The summed E-state index contributed by atoms with van der Waals surface area (Å²) in [6.45, 7) is -0.851. The van der Waals surface area contributed by atoms with Crippen LogP contribution in [0, 0.1) is 0 Å². The van der Waals surface area contributed by atoms with Crippen LogP contribution < -0.4 is 5.32 Å². The monoisotopic (exact) mass is 317 g/mol. The maximum atomic E-state index is 11.9. The van der Waals surface area contributed by atoms with E-state index >= 15 is 0 Å². The summed E-state index contributed by atoms with van der Waals surface area (Å²) in [6, 6.07) is 1.49.